The summed E-state index contributed by atoms with van der Waals surface area (Å²) in [5.41, 5.74) is 0.634. The molecule has 1 amide bonds. The van der Waals surface area contributed by atoms with E-state index in [0.29, 0.717) is 16.9 Å². The van der Waals surface area contributed by atoms with E-state index in [4.69, 9.17) is 16.3 Å². The molecule has 1 N–H and O–H groups in total. The van der Waals surface area contributed by atoms with Crippen LogP contribution in [-0.2, 0) is 0 Å². The fourth-order valence-corrected chi connectivity index (χ4v) is 2.31. The normalized spacial score (nSPS) is 16.6. The Bertz CT molecular complexity index is 748. The Labute approximate surface area is 124 Å². The number of fused-ring (bicyclic) bond motifs is 1. The molecular weight excluding hydrogens is 296 g/mol. The topological polar surface area (TPSA) is 81.5 Å². The number of halogens is 1. The van der Waals surface area contributed by atoms with Crippen molar-refractivity contribution in [3.05, 3.63) is 68.7 Å². The molecule has 1 aliphatic rings. The van der Waals surface area contributed by atoms with E-state index in [1.807, 2.05) is 0 Å². The Morgan fingerprint density at radius 2 is 2.00 bits per heavy atom. The largest absolute Gasteiger partial charge is 0.465 e. The smallest absolute Gasteiger partial charge is 0.270 e. The van der Waals surface area contributed by atoms with Crippen LogP contribution in [0.1, 0.15) is 22.1 Å². The van der Waals surface area contributed by atoms with Crippen molar-refractivity contribution in [1.29, 1.82) is 0 Å². The third-order valence-corrected chi connectivity index (χ3v) is 3.46. The minimum absolute atomic E-state index is 0.119. The van der Waals surface area contributed by atoms with Gasteiger partial charge in [-0.1, -0.05) is 23.7 Å². The summed E-state index contributed by atoms with van der Waals surface area (Å²) in [6, 6.07) is 10.8. The number of amides is 1. The number of nitro groups is 1. The SMILES string of the molecule is O=C1NC(c2cc([N+](=O)[O-])ccc2Cl)Oc2ccccc21. The van der Waals surface area contributed by atoms with Gasteiger partial charge in [-0.25, -0.2) is 0 Å². The molecule has 2 aromatic carbocycles. The number of ether oxygens (including phenoxy) is 1. The lowest BCUT2D eigenvalue weighted by molar-refractivity contribution is -0.385. The number of carbonyl (C=O) groups is 1. The third kappa shape index (κ3) is 2.41. The molecule has 106 valence electrons. The van der Waals surface area contributed by atoms with E-state index in [0.717, 1.165) is 0 Å². The quantitative estimate of drug-likeness (QED) is 0.683. The highest BCUT2D eigenvalue weighted by molar-refractivity contribution is 6.31. The van der Waals surface area contributed by atoms with E-state index in [1.165, 1.54) is 18.2 Å². The van der Waals surface area contributed by atoms with Crippen LogP contribution in [0.5, 0.6) is 5.75 Å². The number of nitrogens with zero attached hydrogens (tertiary/aromatic N) is 1. The Balaban J connectivity index is 2.01. The van der Waals surface area contributed by atoms with E-state index >= 15 is 0 Å². The zero-order valence-electron chi connectivity index (χ0n) is 10.6. The molecule has 0 fully saturated rings. The minimum atomic E-state index is -0.861. The molecule has 0 radical (unpaired) electrons. The summed E-state index contributed by atoms with van der Waals surface area (Å²) in [5.74, 6) is 0.0956. The highest BCUT2D eigenvalue weighted by Gasteiger charge is 2.28. The zero-order chi connectivity index (χ0) is 15.0. The average molecular weight is 305 g/mol. The second-order valence-electron chi connectivity index (χ2n) is 4.43. The molecule has 1 aliphatic heterocycles. The molecule has 1 atom stereocenters. The van der Waals surface area contributed by atoms with Crippen molar-refractivity contribution in [2.45, 2.75) is 6.23 Å². The van der Waals surface area contributed by atoms with Gasteiger partial charge in [0.15, 0.2) is 0 Å². The van der Waals surface area contributed by atoms with Gasteiger partial charge in [-0.2, -0.15) is 0 Å². The summed E-state index contributed by atoms with van der Waals surface area (Å²) < 4.78 is 5.66. The second-order valence-corrected chi connectivity index (χ2v) is 4.84. The second kappa shape index (κ2) is 5.06. The Morgan fingerprint density at radius 1 is 1.24 bits per heavy atom. The number of nitro benzene ring substituents is 1. The van der Waals surface area contributed by atoms with Crippen molar-refractivity contribution in [2.24, 2.45) is 0 Å². The molecule has 1 unspecified atom stereocenters. The van der Waals surface area contributed by atoms with Crippen LogP contribution >= 0.6 is 11.6 Å². The fraction of sp³-hybridized carbons (Fsp3) is 0.0714. The Hall–Kier alpha value is -2.60. The van der Waals surface area contributed by atoms with Gasteiger partial charge in [0.25, 0.3) is 11.6 Å². The summed E-state index contributed by atoms with van der Waals surface area (Å²) in [7, 11) is 0. The highest BCUT2D eigenvalue weighted by atomic mass is 35.5. The number of hydrogen-bond donors (Lipinski definition) is 1. The van der Waals surface area contributed by atoms with E-state index in [1.54, 1.807) is 24.3 Å². The van der Waals surface area contributed by atoms with Gasteiger partial charge in [0.05, 0.1) is 10.5 Å². The molecule has 0 spiro atoms. The van der Waals surface area contributed by atoms with Crippen LogP contribution in [-0.4, -0.2) is 10.8 Å². The number of carbonyl (C=O) groups excluding carboxylic acids is 1. The van der Waals surface area contributed by atoms with Crippen LogP contribution in [0, 0.1) is 10.1 Å². The van der Waals surface area contributed by atoms with Crippen LogP contribution in [0.25, 0.3) is 0 Å². The summed E-state index contributed by atoms with van der Waals surface area (Å²) in [6.07, 6.45) is -0.861. The monoisotopic (exact) mass is 304 g/mol. The molecule has 7 heteroatoms. The molecule has 6 nitrogen and oxygen atoms in total. The summed E-state index contributed by atoms with van der Waals surface area (Å²) in [6.45, 7) is 0. The molecule has 0 saturated carbocycles. The molecule has 1 heterocycles. The maximum absolute atomic E-state index is 12.0. The summed E-state index contributed by atoms with van der Waals surface area (Å²) in [5, 5.41) is 13.8. The fourth-order valence-electron chi connectivity index (χ4n) is 2.10. The molecule has 21 heavy (non-hydrogen) atoms. The van der Waals surface area contributed by atoms with Crippen molar-refractivity contribution in [3.63, 3.8) is 0 Å². The predicted molar refractivity (Wildman–Crippen MR) is 75.4 cm³/mol. The van der Waals surface area contributed by atoms with E-state index in [9.17, 15) is 14.9 Å². The molecule has 3 rings (SSSR count). The zero-order valence-corrected chi connectivity index (χ0v) is 11.3. The van der Waals surface area contributed by atoms with Gasteiger partial charge in [-0.15, -0.1) is 0 Å². The maximum atomic E-state index is 12.0. The molecular formula is C14H9ClN2O4. The first-order valence-corrected chi connectivity index (χ1v) is 6.44. The lowest BCUT2D eigenvalue weighted by Gasteiger charge is -2.27. The minimum Gasteiger partial charge on any atom is -0.465 e. The summed E-state index contributed by atoms with van der Waals surface area (Å²) in [4.78, 5) is 22.3. The van der Waals surface area contributed by atoms with Crippen LogP contribution in [0.15, 0.2) is 42.5 Å². The van der Waals surface area contributed by atoms with Crippen molar-refractivity contribution < 1.29 is 14.5 Å². The van der Waals surface area contributed by atoms with Crippen LogP contribution in [0.2, 0.25) is 5.02 Å². The number of para-hydroxylation sites is 1. The van der Waals surface area contributed by atoms with E-state index in [-0.39, 0.29) is 16.6 Å². The predicted octanol–water partition coefficient (Wildman–Crippen LogP) is 3.07. The number of nitrogens with one attached hydrogen (secondary N) is 1. The van der Waals surface area contributed by atoms with Crippen LogP contribution < -0.4 is 10.1 Å². The van der Waals surface area contributed by atoms with Crippen LogP contribution in [0.3, 0.4) is 0 Å². The molecule has 0 saturated heterocycles. The average Bonchev–Trinajstić information content (AvgIpc) is 2.47. The first kappa shape index (κ1) is 13.4. The first-order chi connectivity index (χ1) is 10.1. The highest BCUT2D eigenvalue weighted by Crippen LogP contribution is 2.33. The van der Waals surface area contributed by atoms with Crippen molar-refractivity contribution in [2.75, 3.05) is 0 Å². The van der Waals surface area contributed by atoms with Crippen LogP contribution in [0.4, 0.5) is 5.69 Å². The number of rotatable bonds is 2. The van der Waals surface area contributed by atoms with Crippen molar-refractivity contribution in [1.82, 2.24) is 5.32 Å². The third-order valence-electron chi connectivity index (χ3n) is 3.11. The lowest BCUT2D eigenvalue weighted by atomic mass is 10.1. The maximum Gasteiger partial charge on any atom is 0.270 e. The lowest BCUT2D eigenvalue weighted by Crippen LogP contribution is -2.36. The number of benzene rings is 2. The van der Waals surface area contributed by atoms with Gasteiger partial charge in [0, 0.05) is 22.7 Å². The Kier molecular flexibility index (Phi) is 3.23. The van der Waals surface area contributed by atoms with Gasteiger partial charge in [0.1, 0.15) is 5.75 Å². The first-order valence-electron chi connectivity index (χ1n) is 6.06. The van der Waals surface area contributed by atoms with Gasteiger partial charge in [0.2, 0.25) is 6.23 Å². The van der Waals surface area contributed by atoms with Crippen molar-refractivity contribution >= 4 is 23.2 Å². The summed E-state index contributed by atoms with van der Waals surface area (Å²) >= 11 is 6.06. The van der Waals surface area contributed by atoms with Gasteiger partial charge in [-0.3, -0.25) is 14.9 Å². The molecule has 2 aromatic rings. The molecule has 0 aromatic heterocycles. The van der Waals surface area contributed by atoms with Crippen molar-refractivity contribution in [3.8, 4) is 5.75 Å². The van der Waals surface area contributed by atoms with Gasteiger partial charge >= 0.3 is 0 Å². The van der Waals surface area contributed by atoms with Gasteiger partial charge in [-0.05, 0) is 18.2 Å². The number of non-ortho nitro benzene ring substituents is 1. The van der Waals surface area contributed by atoms with E-state index < -0.39 is 11.2 Å². The standard InChI is InChI=1S/C14H9ClN2O4/c15-11-6-5-8(17(19)20)7-10(11)14-16-13(18)9-3-1-2-4-12(9)21-14/h1-7,14H,(H,16,18). The number of hydrogen-bond acceptors (Lipinski definition) is 4. The molecule has 0 aliphatic carbocycles. The molecule has 0 bridgehead atoms. The van der Waals surface area contributed by atoms with Gasteiger partial charge < -0.3 is 10.1 Å². The van der Waals surface area contributed by atoms with E-state index in [2.05, 4.69) is 5.32 Å². The Morgan fingerprint density at radius 3 is 2.76 bits per heavy atom.